The van der Waals surface area contributed by atoms with Crippen LogP contribution >= 0.6 is 0 Å². The van der Waals surface area contributed by atoms with E-state index in [9.17, 15) is 14.4 Å². The fourth-order valence-electron chi connectivity index (χ4n) is 1.99. The van der Waals surface area contributed by atoms with Crippen LogP contribution in [0.15, 0.2) is 23.0 Å². The lowest BCUT2D eigenvalue weighted by Gasteiger charge is -2.11. The predicted octanol–water partition coefficient (Wildman–Crippen LogP) is 1.24. The summed E-state index contributed by atoms with van der Waals surface area (Å²) in [7, 11) is 1.26. The summed E-state index contributed by atoms with van der Waals surface area (Å²) in [6.07, 6.45) is 0.368. The van der Waals surface area contributed by atoms with Crippen molar-refractivity contribution >= 4 is 22.8 Å². The molecule has 0 aliphatic heterocycles. The van der Waals surface area contributed by atoms with E-state index in [1.165, 1.54) is 7.11 Å². The number of ketones is 1. The number of imidazole rings is 1. The summed E-state index contributed by atoms with van der Waals surface area (Å²) in [5, 5.41) is 0. The van der Waals surface area contributed by atoms with E-state index in [2.05, 4.69) is 14.7 Å². The Kier molecular flexibility index (Phi) is 3.50. The van der Waals surface area contributed by atoms with Crippen LogP contribution in [0.4, 0.5) is 0 Å². The normalized spacial score (nSPS) is 12.3. The minimum Gasteiger partial charge on any atom is -0.468 e. The molecule has 19 heavy (non-hydrogen) atoms. The number of H-pyrrole nitrogens is 2. The predicted molar refractivity (Wildman–Crippen MR) is 69.0 cm³/mol. The van der Waals surface area contributed by atoms with E-state index in [4.69, 9.17) is 0 Å². The van der Waals surface area contributed by atoms with Gasteiger partial charge in [0.2, 0.25) is 0 Å². The molecule has 1 aromatic carbocycles. The lowest BCUT2D eigenvalue weighted by atomic mass is 9.95. The molecule has 0 aliphatic rings. The van der Waals surface area contributed by atoms with E-state index in [0.29, 0.717) is 23.0 Å². The molecule has 6 heteroatoms. The van der Waals surface area contributed by atoms with Gasteiger partial charge in [-0.25, -0.2) is 4.79 Å². The molecule has 0 fully saturated rings. The number of benzene rings is 1. The second-order valence-electron chi connectivity index (χ2n) is 4.19. The van der Waals surface area contributed by atoms with Gasteiger partial charge in [-0.05, 0) is 24.6 Å². The van der Waals surface area contributed by atoms with Crippen LogP contribution in [0.1, 0.15) is 23.7 Å². The average molecular weight is 262 g/mol. The zero-order chi connectivity index (χ0) is 14.0. The highest BCUT2D eigenvalue weighted by Crippen LogP contribution is 2.17. The highest BCUT2D eigenvalue weighted by Gasteiger charge is 2.26. The van der Waals surface area contributed by atoms with Gasteiger partial charge in [0.25, 0.3) is 0 Å². The molecule has 0 amide bonds. The Hall–Kier alpha value is -2.37. The minimum atomic E-state index is -0.812. The minimum absolute atomic E-state index is 0.307. The molecule has 0 aliphatic carbocycles. The van der Waals surface area contributed by atoms with E-state index >= 15 is 0 Å². The van der Waals surface area contributed by atoms with Crippen molar-refractivity contribution in [1.82, 2.24) is 9.97 Å². The maximum atomic E-state index is 12.2. The number of aromatic nitrogens is 2. The molecule has 1 aromatic heterocycles. The number of Topliss-reactive ketones (excluding diaryl/α,β-unsaturated/α-hetero) is 1. The lowest BCUT2D eigenvalue weighted by molar-refractivity contribution is -0.143. The Morgan fingerprint density at radius 1 is 1.26 bits per heavy atom. The molecule has 0 saturated carbocycles. The molecular formula is C13H14N2O4. The van der Waals surface area contributed by atoms with Gasteiger partial charge in [-0.1, -0.05) is 6.92 Å². The van der Waals surface area contributed by atoms with Gasteiger partial charge < -0.3 is 14.7 Å². The van der Waals surface area contributed by atoms with Crippen molar-refractivity contribution < 1.29 is 14.3 Å². The number of esters is 1. The van der Waals surface area contributed by atoms with Gasteiger partial charge in [0.15, 0.2) is 5.78 Å². The fourth-order valence-corrected chi connectivity index (χ4v) is 1.99. The maximum absolute atomic E-state index is 12.2. The molecule has 2 rings (SSSR count). The fraction of sp³-hybridized carbons (Fsp3) is 0.308. The molecule has 0 radical (unpaired) electrons. The SMILES string of the molecule is CCC(C(=O)OC)C(=O)c1ccc2[nH]c(=O)[nH]c2c1. The molecule has 0 bridgehead atoms. The number of aromatic amines is 2. The summed E-state index contributed by atoms with van der Waals surface area (Å²) in [4.78, 5) is 40.0. The smallest absolute Gasteiger partial charge is 0.323 e. The Morgan fingerprint density at radius 2 is 1.95 bits per heavy atom. The third-order valence-corrected chi connectivity index (χ3v) is 3.01. The molecule has 0 spiro atoms. The molecule has 1 heterocycles. The molecule has 100 valence electrons. The molecular weight excluding hydrogens is 248 g/mol. The first-order valence-corrected chi connectivity index (χ1v) is 5.91. The van der Waals surface area contributed by atoms with Gasteiger partial charge >= 0.3 is 11.7 Å². The van der Waals surface area contributed by atoms with Crippen molar-refractivity contribution in [1.29, 1.82) is 0 Å². The zero-order valence-electron chi connectivity index (χ0n) is 10.6. The van der Waals surface area contributed by atoms with Crippen molar-refractivity contribution in [2.45, 2.75) is 13.3 Å². The highest BCUT2D eigenvalue weighted by atomic mass is 16.5. The first-order valence-electron chi connectivity index (χ1n) is 5.91. The average Bonchev–Trinajstić information content (AvgIpc) is 2.77. The summed E-state index contributed by atoms with van der Waals surface area (Å²) >= 11 is 0. The summed E-state index contributed by atoms with van der Waals surface area (Å²) in [6, 6.07) is 4.77. The van der Waals surface area contributed by atoms with Gasteiger partial charge in [-0.15, -0.1) is 0 Å². The van der Waals surface area contributed by atoms with Gasteiger partial charge in [-0.3, -0.25) is 9.59 Å². The quantitative estimate of drug-likeness (QED) is 0.492. The van der Waals surface area contributed by atoms with E-state index in [1.807, 2.05) is 0 Å². The third-order valence-electron chi connectivity index (χ3n) is 3.01. The van der Waals surface area contributed by atoms with Crippen molar-refractivity contribution in [2.75, 3.05) is 7.11 Å². The van der Waals surface area contributed by atoms with E-state index < -0.39 is 11.9 Å². The first kappa shape index (κ1) is 13.1. The van der Waals surface area contributed by atoms with E-state index in [0.717, 1.165) is 0 Å². The van der Waals surface area contributed by atoms with Gasteiger partial charge in [0.05, 0.1) is 18.1 Å². The second kappa shape index (κ2) is 5.09. The number of carbonyl (C=O) groups excluding carboxylic acids is 2. The number of hydrogen-bond donors (Lipinski definition) is 2. The highest BCUT2D eigenvalue weighted by molar-refractivity contribution is 6.09. The van der Waals surface area contributed by atoms with Crippen molar-refractivity contribution in [3.8, 4) is 0 Å². The van der Waals surface area contributed by atoms with Crippen LogP contribution in [0.2, 0.25) is 0 Å². The number of methoxy groups -OCH3 is 1. The second-order valence-corrected chi connectivity index (χ2v) is 4.19. The Labute approximate surface area is 108 Å². The third kappa shape index (κ3) is 2.42. The molecule has 6 nitrogen and oxygen atoms in total. The number of rotatable bonds is 4. The summed E-state index contributed by atoms with van der Waals surface area (Å²) in [6.45, 7) is 1.75. The van der Waals surface area contributed by atoms with Crippen molar-refractivity contribution in [2.24, 2.45) is 5.92 Å². The topological polar surface area (TPSA) is 92.0 Å². The summed E-state index contributed by atoms with van der Waals surface area (Å²) in [5.41, 5.74) is 1.20. The molecule has 0 saturated heterocycles. The summed E-state index contributed by atoms with van der Waals surface area (Å²) in [5.74, 6) is -1.67. The summed E-state index contributed by atoms with van der Waals surface area (Å²) < 4.78 is 4.61. The number of carbonyl (C=O) groups is 2. The van der Waals surface area contributed by atoms with Crippen molar-refractivity contribution in [3.63, 3.8) is 0 Å². The van der Waals surface area contributed by atoms with Crippen LogP contribution in [0.25, 0.3) is 11.0 Å². The molecule has 2 aromatic rings. The maximum Gasteiger partial charge on any atom is 0.323 e. The van der Waals surface area contributed by atoms with Gasteiger partial charge in [0, 0.05) is 5.56 Å². The number of ether oxygens (including phenoxy) is 1. The van der Waals surface area contributed by atoms with Gasteiger partial charge in [0.1, 0.15) is 5.92 Å². The van der Waals surface area contributed by atoms with Crippen LogP contribution in [0, 0.1) is 5.92 Å². The standard InChI is InChI=1S/C13H14N2O4/c1-3-8(12(17)19-2)11(16)7-4-5-9-10(6-7)15-13(18)14-9/h4-6,8H,3H2,1-2H3,(H2,14,15,18). The van der Waals surface area contributed by atoms with E-state index in [-0.39, 0.29) is 11.5 Å². The number of fused-ring (bicyclic) bond motifs is 1. The van der Waals surface area contributed by atoms with Crippen LogP contribution in [0.5, 0.6) is 0 Å². The Morgan fingerprint density at radius 3 is 2.58 bits per heavy atom. The van der Waals surface area contributed by atoms with Crippen LogP contribution in [-0.4, -0.2) is 28.8 Å². The zero-order valence-corrected chi connectivity index (χ0v) is 10.6. The number of nitrogens with one attached hydrogen (secondary N) is 2. The van der Waals surface area contributed by atoms with Crippen LogP contribution in [-0.2, 0) is 9.53 Å². The number of hydrogen-bond acceptors (Lipinski definition) is 4. The van der Waals surface area contributed by atoms with Crippen LogP contribution in [0.3, 0.4) is 0 Å². The monoisotopic (exact) mass is 262 g/mol. The van der Waals surface area contributed by atoms with Crippen LogP contribution < -0.4 is 5.69 Å². The first-order chi connectivity index (χ1) is 9.06. The lowest BCUT2D eigenvalue weighted by Crippen LogP contribution is -2.24. The Bertz CT molecular complexity index is 683. The molecule has 2 N–H and O–H groups in total. The molecule has 1 unspecified atom stereocenters. The molecule has 1 atom stereocenters. The van der Waals surface area contributed by atoms with Crippen molar-refractivity contribution in [3.05, 3.63) is 34.2 Å². The van der Waals surface area contributed by atoms with Gasteiger partial charge in [-0.2, -0.15) is 0 Å². The largest absolute Gasteiger partial charge is 0.468 e. The Balaban J connectivity index is 2.39. The van der Waals surface area contributed by atoms with E-state index in [1.54, 1.807) is 25.1 Å².